The smallest absolute Gasteiger partial charge is 0.326 e. The Labute approximate surface area is 139 Å². The molecule has 1 amide bonds. The fourth-order valence-corrected chi connectivity index (χ4v) is 3.47. The van der Waals surface area contributed by atoms with Crippen molar-refractivity contribution in [1.82, 2.24) is 4.90 Å². The largest absolute Gasteiger partial charge is 0.480 e. The second kappa shape index (κ2) is 6.62. The molecule has 0 aliphatic carbocycles. The molecule has 1 aliphatic rings. The predicted molar refractivity (Wildman–Crippen MR) is 92.6 cm³/mol. The van der Waals surface area contributed by atoms with Crippen molar-refractivity contribution in [2.24, 2.45) is 0 Å². The zero-order valence-electron chi connectivity index (χ0n) is 12.6. The van der Waals surface area contributed by atoms with Crippen molar-refractivity contribution < 1.29 is 14.7 Å². The fourth-order valence-electron chi connectivity index (χ4n) is 2.05. The molecule has 0 bridgehead atoms. The van der Waals surface area contributed by atoms with Gasteiger partial charge in [0.1, 0.15) is 10.4 Å². The van der Waals surface area contributed by atoms with Crippen LogP contribution in [-0.4, -0.2) is 32.2 Å². The molecule has 1 atom stereocenters. The fraction of sp³-hybridized carbons (Fsp3) is 0.312. The molecule has 0 spiro atoms. The van der Waals surface area contributed by atoms with Crippen LogP contribution in [0.3, 0.4) is 0 Å². The van der Waals surface area contributed by atoms with Crippen molar-refractivity contribution in [2.45, 2.75) is 32.7 Å². The van der Waals surface area contributed by atoms with Gasteiger partial charge in [-0.25, -0.2) is 4.79 Å². The Morgan fingerprint density at radius 1 is 1.27 bits per heavy atom. The Hall–Kier alpha value is -1.66. The number of rotatable bonds is 4. The van der Waals surface area contributed by atoms with E-state index in [0.717, 1.165) is 22.2 Å². The molecule has 116 valence electrons. The van der Waals surface area contributed by atoms with E-state index >= 15 is 0 Å². The highest BCUT2D eigenvalue weighted by Crippen LogP contribution is 2.34. The van der Waals surface area contributed by atoms with E-state index in [2.05, 4.69) is 13.8 Å². The van der Waals surface area contributed by atoms with Gasteiger partial charge in [0.2, 0.25) is 0 Å². The summed E-state index contributed by atoms with van der Waals surface area (Å²) < 4.78 is 0.282. The first-order chi connectivity index (χ1) is 10.3. The summed E-state index contributed by atoms with van der Waals surface area (Å²) in [5.41, 5.74) is 2.12. The van der Waals surface area contributed by atoms with Gasteiger partial charge in [-0.2, -0.15) is 0 Å². The molecule has 0 aromatic heterocycles. The van der Waals surface area contributed by atoms with Crippen molar-refractivity contribution in [3.63, 3.8) is 0 Å². The maximum atomic E-state index is 12.3. The van der Waals surface area contributed by atoms with Gasteiger partial charge in [0.05, 0.1) is 4.91 Å². The molecule has 0 unspecified atom stereocenters. The van der Waals surface area contributed by atoms with Crippen molar-refractivity contribution in [2.75, 3.05) is 0 Å². The van der Waals surface area contributed by atoms with Gasteiger partial charge in [-0.05, 0) is 30.0 Å². The number of hydrogen-bond acceptors (Lipinski definition) is 4. The van der Waals surface area contributed by atoms with E-state index in [4.69, 9.17) is 17.3 Å². The molecule has 0 radical (unpaired) electrons. The minimum Gasteiger partial charge on any atom is -0.480 e. The zero-order chi connectivity index (χ0) is 16.4. The number of nitrogens with zero attached hydrogens (tertiary/aromatic N) is 1. The average molecular weight is 335 g/mol. The number of carbonyl (C=O) groups is 2. The molecule has 1 N–H and O–H groups in total. The molecule has 6 heteroatoms. The van der Waals surface area contributed by atoms with Crippen LogP contribution in [0.4, 0.5) is 0 Å². The van der Waals surface area contributed by atoms with Crippen LogP contribution in [0.1, 0.15) is 37.8 Å². The van der Waals surface area contributed by atoms with Crippen LogP contribution >= 0.6 is 24.0 Å². The summed E-state index contributed by atoms with van der Waals surface area (Å²) in [7, 11) is 0. The van der Waals surface area contributed by atoms with Crippen molar-refractivity contribution in [3.8, 4) is 0 Å². The highest BCUT2D eigenvalue weighted by atomic mass is 32.2. The summed E-state index contributed by atoms with van der Waals surface area (Å²) in [6.45, 7) is 5.69. The van der Waals surface area contributed by atoms with E-state index in [9.17, 15) is 9.59 Å². The number of carboxylic acids is 1. The van der Waals surface area contributed by atoms with E-state index < -0.39 is 12.0 Å². The third kappa shape index (κ3) is 3.39. The van der Waals surface area contributed by atoms with Gasteiger partial charge in [-0.15, -0.1) is 0 Å². The normalized spacial score (nSPS) is 18.4. The maximum absolute atomic E-state index is 12.3. The molecule has 4 nitrogen and oxygen atoms in total. The van der Waals surface area contributed by atoms with Gasteiger partial charge in [0, 0.05) is 0 Å². The molecule has 1 aromatic rings. The lowest BCUT2D eigenvalue weighted by Crippen LogP contribution is -2.41. The number of carboxylic acid groups (broad SMARTS) is 1. The first-order valence-electron chi connectivity index (χ1n) is 6.91. The quantitative estimate of drug-likeness (QED) is 0.674. The van der Waals surface area contributed by atoms with Crippen LogP contribution in [0.25, 0.3) is 6.08 Å². The molecular weight excluding hydrogens is 318 g/mol. The monoisotopic (exact) mass is 335 g/mol. The van der Waals surface area contributed by atoms with E-state index in [1.165, 1.54) is 12.5 Å². The van der Waals surface area contributed by atoms with Crippen LogP contribution in [0.15, 0.2) is 29.2 Å². The number of thioether (sulfide) groups is 1. The molecule has 1 fully saturated rings. The predicted octanol–water partition coefficient (Wildman–Crippen LogP) is 3.48. The molecule has 0 saturated carbocycles. The van der Waals surface area contributed by atoms with Gasteiger partial charge in [-0.1, -0.05) is 62.1 Å². The second-order valence-electron chi connectivity index (χ2n) is 5.39. The molecule has 1 aromatic carbocycles. The number of thiocarbonyl (C=S) groups is 1. The number of amides is 1. The van der Waals surface area contributed by atoms with E-state index in [1.54, 1.807) is 6.08 Å². The minimum absolute atomic E-state index is 0.282. The van der Waals surface area contributed by atoms with E-state index in [1.807, 2.05) is 24.3 Å². The first kappa shape index (κ1) is 16.7. The lowest BCUT2D eigenvalue weighted by Gasteiger charge is -2.18. The maximum Gasteiger partial charge on any atom is 0.326 e. The third-order valence-electron chi connectivity index (χ3n) is 3.47. The lowest BCUT2D eigenvalue weighted by atomic mass is 10.0. The summed E-state index contributed by atoms with van der Waals surface area (Å²) >= 11 is 6.26. The second-order valence-corrected chi connectivity index (χ2v) is 7.06. The molecule has 1 aliphatic heterocycles. The van der Waals surface area contributed by atoms with Crippen molar-refractivity contribution in [1.29, 1.82) is 0 Å². The minimum atomic E-state index is -1.07. The Kier molecular flexibility index (Phi) is 5.03. The number of aliphatic carboxylic acids is 1. The standard InChI is InChI=1S/C16H17NO3S2/c1-9(2)12-6-4-11(5-7-12)8-13-14(18)17(16(21)22-13)10(3)15(19)20/h4-10H,1-3H3,(H,19,20)/b13-8-/t10-/m1/s1. The molecule has 1 saturated heterocycles. The molecule has 2 rings (SSSR count). The average Bonchev–Trinajstić information content (AvgIpc) is 2.73. The molecule has 22 heavy (non-hydrogen) atoms. The van der Waals surface area contributed by atoms with Gasteiger partial charge in [-0.3, -0.25) is 9.69 Å². The Morgan fingerprint density at radius 3 is 2.36 bits per heavy atom. The topological polar surface area (TPSA) is 57.6 Å². The molecular formula is C16H17NO3S2. The van der Waals surface area contributed by atoms with Crippen molar-refractivity contribution in [3.05, 3.63) is 40.3 Å². The van der Waals surface area contributed by atoms with Crippen LogP contribution in [0.5, 0.6) is 0 Å². The Balaban J connectivity index is 2.24. The van der Waals surface area contributed by atoms with Crippen molar-refractivity contribution >= 4 is 46.3 Å². The van der Waals surface area contributed by atoms with Crippen LogP contribution in [0, 0.1) is 0 Å². The Bertz CT molecular complexity index is 650. The van der Waals surface area contributed by atoms with Crippen LogP contribution in [-0.2, 0) is 9.59 Å². The van der Waals surface area contributed by atoms with Gasteiger partial charge >= 0.3 is 5.97 Å². The van der Waals surface area contributed by atoms with E-state index in [0.29, 0.717) is 10.8 Å². The highest BCUT2D eigenvalue weighted by Gasteiger charge is 2.38. The highest BCUT2D eigenvalue weighted by molar-refractivity contribution is 8.26. The summed E-state index contributed by atoms with van der Waals surface area (Å²) in [4.78, 5) is 25.0. The lowest BCUT2D eigenvalue weighted by molar-refractivity contribution is -0.144. The Morgan fingerprint density at radius 2 is 1.86 bits per heavy atom. The summed E-state index contributed by atoms with van der Waals surface area (Å²) in [5.74, 6) is -0.972. The summed E-state index contributed by atoms with van der Waals surface area (Å²) in [6.07, 6.45) is 1.75. The van der Waals surface area contributed by atoms with Crippen LogP contribution < -0.4 is 0 Å². The number of hydrogen-bond donors (Lipinski definition) is 1. The summed E-state index contributed by atoms with van der Waals surface area (Å²) in [6, 6.07) is 6.99. The first-order valence-corrected chi connectivity index (χ1v) is 8.13. The van der Waals surface area contributed by atoms with Gasteiger partial charge in [0.15, 0.2) is 0 Å². The third-order valence-corrected chi connectivity index (χ3v) is 4.80. The SMILES string of the molecule is CC(C)c1ccc(/C=C2\SC(=S)N([C@H](C)C(=O)O)C2=O)cc1. The molecule has 1 heterocycles. The number of carbonyl (C=O) groups excluding carboxylic acids is 1. The summed E-state index contributed by atoms with van der Waals surface area (Å²) in [5, 5.41) is 9.05. The zero-order valence-corrected chi connectivity index (χ0v) is 14.2. The van der Waals surface area contributed by atoms with Gasteiger partial charge in [0.25, 0.3) is 5.91 Å². The number of benzene rings is 1. The van der Waals surface area contributed by atoms with Crippen LogP contribution in [0.2, 0.25) is 0 Å². The van der Waals surface area contributed by atoms with Gasteiger partial charge < -0.3 is 5.11 Å². The van der Waals surface area contributed by atoms with E-state index in [-0.39, 0.29) is 10.2 Å².